The second kappa shape index (κ2) is 7.32. The summed E-state index contributed by atoms with van der Waals surface area (Å²) in [7, 11) is 0. The van der Waals surface area contributed by atoms with Crippen LogP contribution in [0.15, 0.2) is 95.7 Å². The van der Waals surface area contributed by atoms with Crippen LogP contribution in [0.25, 0.3) is 5.70 Å². The van der Waals surface area contributed by atoms with E-state index in [1.165, 1.54) is 5.56 Å². The van der Waals surface area contributed by atoms with E-state index in [0.29, 0.717) is 22.6 Å². The zero-order valence-corrected chi connectivity index (χ0v) is 18.0. The first kappa shape index (κ1) is 19.3. The molecule has 2 unspecified atom stereocenters. The molecule has 4 heteroatoms. The zero-order valence-electron chi connectivity index (χ0n) is 17.3. The average molecular weight is 438 g/mol. The Balaban J connectivity index is 1.52. The number of nitrogens with one attached hydrogen (secondary N) is 1. The molecule has 0 saturated carbocycles. The molecule has 3 aromatic carbocycles. The van der Waals surface area contributed by atoms with Crippen LogP contribution < -0.4 is 5.32 Å². The summed E-state index contributed by atoms with van der Waals surface area (Å²) in [5.41, 5.74) is 6.84. The van der Waals surface area contributed by atoms with E-state index in [9.17, 15) is 9.59 Å². The molecular formula is C28H20ClNO2. The Hall–Kier alpha value is -3.43. The van der Waals surface area contributed by atoms with Gasteiger partial charge in [0.2, 0.25) is 0 Å². The van der Waals surface area contributed by atoms with Gasteiger partial charge >= 0.3 is 0 Å². The molecule has 3 aliphatic rings. The van der Waals surface area contributed by atoms with Crippen LogP contribution in [0.5, 0.6) is 0 Å². The Bertz CT molecular complexity index is 1340. The molecule has 0 saturated heterocycles. The quantitative estimate of drug-likeness (QED) is 0.532. The van der Waals surface area contributed by atoms with Gasteiger partial charge in [0.15, 0.2) is 11.6 Å². The van der Waals surface area contributed by atoms with Crippen LogP contribution in [0.2, 0.25) is 5.02 Å². The van der Waals surface area contributed by atoms with E-state index in [1.807, 2.05) is 66.7 Å². The number of ketones is 2. The maximum atomic E-state index is 13.6. The van der Waals surface area contributed by atoms with Gasteiger partial charge in [-0.1, -0.05) is 78.3 Å². The molecular weight excluding hydrogens is 418 g/mol. The highest BCUT2D eigenvalue weighted by molar-refractivity contribution is 6.30. The normalized spacial score (nSPS) is 21.8. The molecule has 3 aromatic rings. The molecule has 0 fully saturated rings. The van der Waals surface area contributed by atoms with Crippen LogP contribution in [-0.4, -0.2) is 11.6 Å². The highest BCUT2D eigenvalue weighted by Gasteiger charge is 2.45. The summed E-state index contributed by atoms with van der Waals surface area (Å²) in [6.45, 7) is 0. The van der Waals surface area contributed by atoms with E-state index in [1.54, 1.807) is 0 Å². The van der Waals surface area contributed by atoms with Gasteiger partial charge in [-0.2, -0.15) is 0 Å². The van der Waals surface area contributed by atoms with Crippen molar-refractivity contribution in [1.29, 1.82) is 0 Å². The van der Waals surface area contributed by atoms with Crippen molar-refractivity contribution in [2.75, 3.05) is 0 Å². The van der Waals surface area contributed by atoms with Gasteiger partial charge in [-0.05, 0) is 35.6 Å². The minimum absolute atomic E-state index is 0.00687. The van der Waals surface area contributed by atoms with Gasteiger partial charge in [-0.3, -0.25) is 9.59 Å². The highest BCUT2D eigenvalue weighted by atomic mass is 35.5. The lowest BCUT2D eigenvalue weighted by Crippen LogP contribution is -2.33. The number of carbonyl (C=O) groups excluding carboxylic acids is 2. The predicted octanol–water partition coefficient (Wildman–Crippen LogP) is 6.04. The minimum Gasteiger partial charge on any atom is -0.358 e. The third-order valence-corrected chi connectivity index (χ3v) is 7.04. The van der Waals surface area contributed by atoms with E-state index in [-0.39, 0.29) is 23.4 Å². The number of carbonyl (C=O) groups is 2. The molecule has 0 amide bonds. The fourth-order valence-electron chi connectivity index (χ4n) is 5.34. The summed E-state index contributed by atoms with van der Waals surface area (Å²) in [5, 5.41) is 4.17. The number of benzene rings is 3. The van der Waals surface area contributed by atoms with Crippen LogP contribution in [-0.2, 0) is 4.79 Å². The average Bonchev–Trinajstić information content (AvgIpc) is 3.11. The highest BCUT2D eigenvalue weighted by Crippen LogP contribution is 2.50. The molecule has 1 heterocycles. The summed E-state index contributed by atoms with van der Waals surface area (Å²) in [6.07, 6.45) is 1.18. The fourth-order valence-corrected chi connectivity index (χ4v) is 5.47. The molecule has 156 valence electrons. The van der Waals surface area contributed by atoms with Crippen LogP contribution in [0.3, 0.4) is 0 Å². The van der Waals surface area contributed by atoms with Crippen LogP contribution in [0.1, 0.15) is 51.7 Å². The van der Waals surface area contributed by atoms with Gasteiger partial charge in [0.05, 0.1) is 5.70 Å². The van der Waals surface area contributed by atoms with Crippen molar-refractivity contribution < 1.29 is 9.59 Å². The summed E-state index contributed by atoms with van der Waals surface area (Å²) in [5.74, 6) is -0.173. The number of rotatable bonds is 2. The van der Waals surface area contributed by atoms with E-state index >= 15 is 0 Å². The van der Waals surface area contributed by atoms with Crippen molar-refractivity contribution in [3.63, 3.8) is 0 Å². The van der Waals surface area contributed by atoms with Gasteiger partial charge in [0.1, 0.15) is 0 Å². The van der Waals surface area contributed by atoms with E-state index in [4.69, 9.17) is 11.6 Å². The number of halogens is 1. The molecule has 0 aromatic heterocycles. The van der Waals surface area contributed by atoms with Gasteiger partial charge in [-0.15, -0.1) is 0 Å². The molecule has 0 bridgehead atoms. The topological polar surface area (TPSA) is 46.2 Å². The molecule has 3 nitrogen and oxygen atoms in total. The molecule has 2 atom stereocenters. The first-order valence-electron chi connectivity index (χ1n) is 10.8. The number of hydrogen-bond donors (Lipinski definition) is 1. The summed E-state index contributed by atoms with van der Waals surface area (Å²) < 4.78 is 0. The summed E-state index contributed by atoms with van der Waals surface area (Å²) in [4.78, 5) is 27.1. The SMILES string of the molecule is O=C1CC(c2ccccc2)CC2=C1C(c1ccc(Cl)cc1)C1=C(N2)c2ccccc2C1=O. The molecule has 6 rings (SSSR count). The van der Waals surface area contributed by atoms with Gasteiger partial charge in [-0.25, -0.2) is 0 Å². The smallest absolute Gasteiger partial charge is 0.192 e. The Morgan fingerprint density at radius 2 is 1.41 bits per heavy atom. The van der Waals surface area contributed by atoms with Gasteiger partial charge < -0.3 is 5.32 Å². The third-order valence-electron chi connectivity index (χ3n) is 6.79. The number of dihydropyridines is 1. The molecule has 2 aliphatic carbocycles. The lowest BCUT2D eigenvalue weighted by molar-refractivity contribution is -0.116. The third kappa shape index (κ3) is 2.89. The summed E-state index contributed by atoms with van der Waals surface area (Å²) >= 11 is 6.15. The Labute approximate surface area is 191 Å². The van der Waals surface area contributed by atoms with Crippen molar-refractivity contribution in [3.05, 3.63) is 123 Å². The second-order valence-electron chi connectivity index (χ2n) is 8.60. The largest absolute Gasteiger partial charge is 0.358 e. The van der Waals surface area contributed by atoms with Gasteiger partial charge in [0, 0.05) is 45.3 Å². The number of hydrogen-bond acceptors (Lipinski definition) is 3. The fraction of sp³-hybridized carbons (Fsp3) is 0.143. The lowest BCUT2D eigenvalue weighted by atomic mass is 9.71. The zero-order chi connectivity index (χ0) is 21.8. The maximum absolute atomic E-state index is 13.6. The standard InChI is InChI=1S/C28H20ClNO2/c29-19-12-10-17(11-13-19)24-25-22(14-18(15-23(25)31)16-6-2-1-3-7-16)30-27-20-8-4-5-9-21(20)28(32)26(24)27/h1-13,18,24,30H,14-15H2. The van der Waals surface area contributed by atoms with E-state index < -0.39 is 0 Å². The lowest BCUT2D eigenvalue weighted by Gasteiger charge is -2.36. The van der Waals surface area contributed by atoms with E-state index in [2.05, 4.69) is 17.4 Å². The molecule has 0 radical (unpaired) electrons. The number of fused-ring (bicyclic) bond motifs is 2. The van der Waals surface area contributed by atoms with Crippen LogP contribution in [0.4, 0.5) is 0 Å². The monoisotopic (exact) mass is 437 g/mol. The molecule has 32 heavy (non-hydrogen) atoms. The minimum atomic E-state index is -0.386. The van der Waals surface area contributed by atoms with Crippen LogP contribution in [0, 0.1) is 0 Å². The summed E-state index contributed by atoms with van der Waals surface area (Å²) in [6, 6.07) is 25.4. The predicted molar refractivity (Wildman–Crippen MR) is 125 cm³/mol. The molecule has 0 spiro atoms. The number of allylic oxidation sites excluding steroid dienone is 3. The Morgan fingerprint density at radius 3 is 2.16 bits per heavy atom. The van der Waals surface area contributed by atoms with Crippen molar-refractivity contribution >= 4 is 28.9 Å². The first-order valence-corrected chi connectivity index (χ1v) is 11.2. The van der Waals surface area contributed by atoms with E-state index in [0.717, 1.165) is 34.5 Å². The van der Waals surface area contributed by atoms with Crippen LogP contribution >= 0.6 is 11.6 Å². The van der Waals surface area contributed by atoms with Crippen molar-refractivity contribution in [2.24, 2.45) is 0 Å². The maximum Gasteiger partial charge on any atom is 0.192 e. The first-order chi connectivity index (χ1) is 15.6. The molecule has 1 aliphatic heterocycles. The Morgan fingerprint density at radius 1 is 0.719 bits per heavy atom. The van der Waals surface area contributed by atoms with Crippen molar-refractivity contribution in [1.82, 2.24) is 5.32 Å². The van der Waals surface area contributed by atoms with Crippen molar-refractivity contribution in [2.45, 2.75) is 24.7 Å². The number of Topliss-reactive ketones (excluding diaryl/α,β-unsaturated/α-hetero) is 2. The van der Waals surface area contributed by atoms with Gasteiger partial charge in [0.25, 0.3) is 0 Å². The second-order valence-corrected chi connectivity index (χ2v) is 9.04. The molecule has 1 N–H and O–H groups in total. The Kier molecular flexibility index (Phi) is 4.41. The van der Waals surface area contributed by atoms with Crippen molar-refractivity contribution in [3.8, 4) is 0 Å².